The van der Waals surface area contributed by atoms with Crippen LogP contribution in [0.3, 0.4) is 0 Å². The minimum atomic E-state index is -2.20. The van der Waals surface area contributed by atoms with Gasteiger partial charge in [0.25, 0.3) is 5.78 Å². The zero-order chi connectivity index (χ0) is 6.73. The van der Waals surface area contributed by atoms with Crippen LogP contribution in [0.4, 0.5) is 0 Å². The van der Waals surface area contributed by atoms with Crippen molar-refractivity contribution < 1.29 is 76.0 Å². The molecule has 0 spiro atoms. The molecule has 0 aromatic rings. The Morgan fingerprint density at radius 2 is 1.56 bits per heavy atom. The van der Waals surface area contributed by atoms with Crippen molar-refractivity contribution in [3.05, 3.63) is 0 Å². The van der Waals surface area contributed by atoms with Gasteiger partial charge in [0, 0.05) is 0 Å². The molecule has 44 valence electrons. The van der Waals surface area contributed by atoms with Gasteiger partial charge in [0.2, 0.25) is 0 Å². The van der Waals surface area contributed by atoms with Crippen LogP contribution in [0.2, 0.25) is 0 Å². The van der Waals surface area contributed by atoms with Gasteiger partial charge in [-0.3, -0.25) is 4.79 Å². The summed E-state index contributed by atoms with van der Waals surface area (Å²) in [5.41, 5.74) is 0. The molecule has 1 N–H and O–H groups in total. The van der Waals surface area contributed by atoms with E-state index in [-0.39, 0.29) is 51.4 Å². The van der Waals surface area contributed by atoms with Crippen molar-refractivity contribution in [3.8, 4) is 0 Å². The van der Waals surface area contributed by atoms with E-state index in [0.29, 0.717) is 0 Å². The van der Waals surface area contributed by atoms with Gasteiger partial charge >= 0.3 is 57.4 Å². The second-order valence-electron chi connectivity index (χ2n) is 0.922. The number of Topliss-reactive ketones (excluding diaryl/α,β-unsaturated/α-hetero) is 1. The first-order valence-electron chi connectivity index (χ1n) is 1.54. The van der Waals surface area contributed by atoms with E-state index in [9.17, 15) is 19.5 Å². The predicted molar refractivity (Wildman–Crippen MR) is 17.6 cm³/mol. The number of aliphatic carboxylic acids is 2. The van der Waals surface area contributed by atoms with Crippen molar-refractivity contribution >= 4 is 17.7 Å². The smallest absolute Gasteiger partial charge is 0.541 e. The van der Waals surface area contributed by atoms with E-state index < -0.39 is 17.7 Å². The Bertz CT molecular complexity index is 134. The van der Waals surface area contributed by atoms with Crippen LogP contribution in [0, 0.1) is 0 Å². The van der Waals surface area contributed by atoms with Gasteiger partial charge in [-0.2, -0.15) is 0 Å². The van der Waals surface area contributed by atoms with Crippen molar-refractivity contribution in [2.45, 2.75) is 0 Å². The van der Waals surface area contributed by atoms with E-state index >= 15 is 0 Å². The Morgan fingerprint density at radius 1 is 1.22 bits per heavy atom. The number of carbonyl (C=O) groups excluding carboxylic acids is 2. The quantitative estimate of drug-likeness (QED) is 0.244. The monoisotopic (exact) mass is 156 g/mol. The fourth-order valence-electron chi connectivity index (χ4n) is 0.0873. The molecule has 0 heterocycles. The first-order valence-corrected chi connectivity index (χ1v) is 1.54. The number of rotatable bonds is 2. The molecule has 0 saturated carbocycles. The van der Waals surface area contributed by atoms with E-state index in [0.717, 1.165) is 0 Å². The van der Waals surface area contributed by atoms with E-state index in [2.05, 4.69) is 0 Å². The maximum atomic E-state index is 9.58. The first-order chi connectivity index (χ1) is 3.55. The minimum absolute atomic E-state index is 0. The van der Waals surface area contributed by atoms with Crippen LogP contribution < -0.4 is 56.5 Å². The van der Waals surface area contributed by atoms with Gasteiger partial charge in [-0.15, -0.1) is 0 Å². The summed E-state index contributed by atoms with van der Waals surface area (Å²) in [7, 11) is 0. The van der Waals surface area contributed by atoms with Crippen LogP contribution in [-0.2, 0) is 14.4 Å². The Kier molecular flexibility index (Phi) is 6.74. The second kappa shape index (κ2) is 5.06. The average molecular weight is 156 g/mol. The third-order valence-corrected chi connectivity index (χ3v) is 0.380. The number of ketones is 1. The standard InChI is InChI=1S/C3H2O5.K/c4-1(2(5)6)3(7)8;/h(H,5,6)(H,7,8);/q;+1/p-1. The zero-order valence-electron chi connectivity index (χ0n) is 4.58. The Morgan fingerprint density at radius 3 is 1.56 bits per heavy atom. The molecule has 0 amide bonds. The van der Waals surface area contributed by atoms with Crippen LogP contribution in [0.25, 0.3) is 0 Å². The molecule has 0 saturated heterocycles. The molecular weight excluding hydrogens is 155 g/mol. The van der Waals surface area contributed by atoms with Gasteiger partial charge in [0.1, 0.15) is 5.97 Å². The molecule has 5 nitrogen and oxygen atoms in total. The molecule has 0 rings (SSSR count). The first kappa shape index (κ1) is 12.0. The van der Waals surface area contributed by atoms with E-state index in [1.54, 1.807) is 0 Å². The van der Waals surface area contributed by atoms with Gasteiger partial charge in [-0.05, 0) is 0 Å². The van der Waals surface area contributed by atoms with Gasteiger partial charge in [-0.25, -0.2) is 4.79 Å². The van der Waals surface area contributed by atoms with Crippen LogP contribution in [0.1, 0.15) is 0 Å². The molecule has 6 heteroatoms. The second-order valence-corrected chi connectivity index (χ2v) is 0.922. The number of carboxylic acid groups (broad SMARTS) is 2. The van der Waals surface area contributed by atoms with Gasteiger partial charge < -0.3 is 15.0 Å². The molecule has 0 aliphatic rings. The van der Waals surface area contributed by atoms with Crippen LogP contribution in [-0.4, -0.2) is 22.8 Å². The van der Waals surface area contributed by atoms with Crippen molar-refractivity contribution in [2.24, 2.45) is 0 Å². The Balaban J connectivity index is 0. The molecule has 0 unspecified atom stereocenters. The summed E-state index contributed by atoms with van der Waals surface area (Å²) in [4.78, 5) is 28.3. The maximum absolute atomic E-state index is 9.58. The Labute approximate surface area is 92.5 Å². The molecule has 0 bridgehead atoms. The predicted octanol–water partition coefficient (Wildman–Crippen LogP) is -5.61. The molecule has 0 aromatic heterocycles. The van der Waals surface area contributed by atoms with Crippen molar-refractivity contribution in [1.29, 1.82) is 0 Å². The molecule has 0 atom stereocenters. The maximum Gasteiger partial charge on any atom is 1.00 e. The SMILES string of the molecule is O=C([O-])C(=O)C(=O)O.[K+]. The number of carbonyl (C=O) groups is 3. The van der Waals surface area contributed by atoms with Crippen LogP contribution in [0.15, 0.2) is 0 Å². The summed E-state index contributed by atoms with van der Waals surface area (Å²) >= 11 is 0. The third-order valence-electron chi connectivity index (χ3n) is 0.380. The van der Waals surface area contributed by atoms with Crippen molar-refractivity contribution in [2.75, 3.05) is 0 Å². The number of hydrogen-bond donors (Lipinski definition) is 1. The molecule has 9 heavy (non-hydrogen) atoms. The summed E-state index contributed by atoms with van der Waals surface area (Å²) in [5, 5.41) is 16.9. The normalized spacial score (nSPS) is 7.11. The van der Waals surface area contributed by atoms with Gasteiger partial charge in [-0.1, -0.05) is 0 Å². The van der Waals surface area contributed by atoms with Gasteiger partial charge in [0.15, 0.2) is 0 Å². The zero-order valence-corrected chi connectivity index (χ0v) is 7.70. The van der Waals surface area contributed by atoms with E-state index in [1.165, 1.54) is 0 Å². The minimum Gasteiger partial charge on any atom is -0.541 e. The van der Waals surface area contributed by atoms with E-state index in [1.807, 2.05) is 0 Å². The molecule has 0 aliphatic heterocycles. The van der Waals surface area contributed by atoms with Crippen molar-refractivity contribution in [3.63, 3.8) is 0 Å². The van der Waals surface area contributed by atoms with Gasteiger partial charge in [0.05, 0.1) is 0 Å². The fraction of sp³-hybridized carbons (Fsp3) is 0. The fourth-order valence-corrected chi connectivity index (χ4v) is 0.0873. The molecule has 0 fully saturated rings. The summed E-state index contributed by atoms with van der Waals surface area (Å²) < 4.78 is 0. The van der Waals surface area contributed by atoms with E-state index in [4.69, 9.17) is 5.11 Å². The molecule has 0 aliphatic carbocycles. The van der Waals surface area contributed by atoms with Crippen LogP contribution in [0.5, 0.6) is 0 Å². The molecular formula is C3HKO5. The number of hydrogen-bond acceptors (Lipinski definition) is 4. The molecule has 0 aromatic carbocycles. The summed E-state index contributed by atoms with van der Waals surface area (Å²) in [6, 6.07) is 0. The molecule has 0 radical (unpaired) electrons. The van der Waals surface area contributed by atoms with Crippen LogP contribution >= 0.6 is 0 Å². The topological polar surface area (TPSA) is 94.5 Å². The average Bonchev–Trinajstić information content (AvgIpc) is 1.64. The Hall–Kier alpha value is 0.246. The number of carboxylic acids is 2. The summed E-state index contributed by atoms with van der Waals surface area (Å²) in [6.07, 6.45) is 0. The summed E-state index contributed by atoms with van der Waals surface area (Å²) in [5.74, 6) is -6.13. The van der Waals surface area contributed by atoms with Crippen molar-refractivity contribution in [1.82, 2.24) is 0 Å². The summed E-state index contributed by atoms with van der Waals surface area (Å²) in [6.45, 7) is 0. The third kappa shape index (κ3) is 4.73. The largest absolute Gasteiger partial charge is 1.00 e.